The highest BCUT2D eigenvalue weighted by atomic mass is 16.3. The molecule has 2 rings (SSSR count). The van der Waals surface area contributed by atoms with Gasteiger partial charge in [-0.15, -0.1) is 0 Å². The molecule has 1 heterocycles. The monoisotopic (exact) mass is 247 g/mol. The van der Waals surface area contributed by atoms with Crippen LogP contribution in [0.1, 0.15) is 51.1 Å². The number of para-hydroxylation sites is 1. The number of aromatic hydroxyl groups is 1. The number of phenols is 1. The average Bonchev–Trinajstić information content (AvgIpc) is 2.82. The first-order valence-electron chi connectivity index (χ1n) is 7.28. The first kappa shape index (κ1) is 13.4. The third-order valence-corrected chi connectivity index (χ3v) is 4.14. The molecular weight excluding hydrogens is 222 g/mol. The highest BCUT2D eigenvalue weighted by molar-refractivity contribution is 5.34. The Bertz CT molecular complexity index is 377. The first-order valence-corrected chi connectivity index (χ1v) is 7.28. The molecule has 18 heavy (non-hydrogen) atoms. The molecule has 1 aromatic carbocycles. The lowest BCUT2D eigenvalue weighted by atomic mass is 10.0. The van der Waals surface area contributed by atoms with E-state index in [1.807, 2.05) is 12.1 Å². The lowest BCUT2D eigenvalue weighted by Gasteiger charge is -2.28. The zero-order valence-electron chi connectivity index (χ0n) is 11.6. The van der Waals surface area contributed by atoms with E-state index in [4.69, 9.17) is 0 Å². The Hall–Kier alpha value is -1.02. The molecule has 0 aromatic heterocycles. The van der Waals surface area contributed by atoms with Crippen molar-refractivity contribution in [3.8, 4) is 5.75 Å². The molecule has 100 valence electrons. The molecule has 2 heteroatoms. The van der Waals surface area contributed by atoms with Crippen LogP contribution in [0.5, 0.6) is 5.75 Å². The Labute approximate surface area is 111 Å². The van der Waals surface area contributed by atoms with Gasteiger partial charge in [0.05, 0.1) is 0 Å². The summed E-state index contributed by atoms with van der Waals surface area (Å²) < 4.78 is 0. The van der Waals surface area contributed by atoms with E-state index >= 15 is 0 Å². The van der Waals surface area contributed by atoms with Gasteiger partial charge in [-0.2, -0.15) is 0 Å². The van der Waals surface area contributed by atoms with Crippen molar-refractivity contribution in [2.45, 2.75) is 45.6 Å². The predicted molar refractivity (Wildman–Crippen MR) is 75.7 cm³/mol. The molecule has 1 aromatic rings. The van der Waals surface area contributed by atoms with Crippen molar-refractivity contribution in [3.63, 3.8) is 0 Å². The van der Waals surface area contributed by atoms with Gasteiger partial charge in [0.1, 0.15) is 5.75 Å². The lowest BCUT2D eigenvalue weighted by Crippen LogP contribution is -2.26. The van der Waals surface area contributed by atoms with E-state index < -0.39 is 0 Å². The second-order valence-electron chi connectivity index (χ2n) is 5.42. The molecule has 2 nitrogen and oxygen atoms in total. The summed E-state index contributed by atoms with van der Waals surface area (Å²) in [4.78, 5) is 2.55. The van der Waals surface area contributed by atoms with Crippen LogP contribution in [0.3, 0.4) is 0 Å². The SMILES string of the molecule is CCCC1CCN(C(CC)c2ccccc2O)C1. The van der Waals surface area contributed by atoms with Crippen molar-refractivity contribution in [2.24, 2.45) is 5.92 Å². The maximum atomic E-state index is 10.0. The number of likely N-dealkylation sites (tertiary alicyclic amines) is 1. The number of nitrogens with zero attached hydrogens (tertiary/aromatic N) is 1. The van der Waals surface area contributed by atoms with Crippen molar-refractivity contribution in [3.05, 3.63) is 29.8 Å². The van der Waals surface area contributed by atoms with Crippen LogP contribution in [0.4, 0.5) is 0 Å². The smallest absolute Gasteiger partial charge is 0.120 e. The minimum Gasteiger partial charge on any atom is -0.508 e. The van der Waals surface area contributed by atoms with Gasteiger partial charge in [-0.3, -0.25) is 4.90 Å². The largest absolute Gasteiger partial charge is 0.508 e. The summed E-state index contributed by atoms with van der Waals surface area (Å²) >= 11 is 0. The van der Waals surface area contributed by atoms with E-state index in [9.17, 15) is 5.11 Å². The number of hydrogen-bond acceptors (Lipinski definition) is 2. The highest BCUT2D eigenvalue weighted by Crippen LogP contribution is 2.35. The van der Waals surface area contributed by atoms with E-state index in [-0.39, 0.29) is 0 Å². The molecular formula is C16H25NO. The summed E-state index contributed by atoms with van der Waals surface area (Å²) in [6.45, 7) is 6.85. The molecule has 0 radical (unpaired) electrons. The maximum Gasteiger partial charge on any atom is 0.120 e. The van der Waals surface area contributed by atoms with Crippen LogP contribution >= 0.6 is 0 Å². The van der Waals surface area contributed by atoms with Gasteiger partial charge in [-0.05, 0) is 37.8 Å². The summed E-state index contributed by atoms with van der Waals surface area (Å²) in [5.74, 6) is 1.30. The van der Waals surface area contributed by atoms with E-state index in [0.29, 0.717) is 11.8 Å². The average molecular weight is 247 g/mol. The minimum atomic E-state index is 0.382. The van der Waals surface area contributed by atoms with Gasteiger partial charge in [-0.1, -0.05) is 38.5 Å². The first-order chi connectivity index (χ1) is 8.76. The van der Waals surface area contributed by atoms with Crippen molar-refractivity contribution < 1.29 is 5.11 Å². The molecule has 1 aliphatic rings. The van der Waals surface area contributed by atoms with Gasteiger partial charge in [0, 0.05) is 18.2 Å². The topological polar surface area (TPSA) is 23.5 Å². The van der Waals surface area contributed by atoms with Crippen LogP contribution in [0, 0.1) is 5.92 Å². The van der Waals surface area contributed by atoms with Gasteiger partial charge < -0.3 is 5.11 Å². The summed E-state index contributed by atoms with van der Waals surface area (Å²) in [6, 6.07) is 8.18. The third-order valence-electron chi connectivity index (χ3n) is 4.14. The molecule has 0 bridgehead atoms. The Morgan fingerprint density at radius 2 is 2.11 bits per heavy atom. The summed E-state index contributed by atoms with van der Waals surface area (Å²) in [6.07, 6.45) is 5.01. The maximum absolute atomic E-state index is 10.0. The second-order valence-corrected chi connectivity index (χ2v) is 5.42. The summed E-state index contributed by atoms with van der Waals surface area (Å²) in [7, 11) is 0. The minimum absolute atomic E-state index is 0.382. The van der Waals surface area contributed by atoms with Crippen LogP contribution < -0.4 is 0 Å². The van der Waals surface area contributed by atoms with Crippen LogP contribution in [0.2, 0.25) is 0 Å². The van der Waals surface area contributed by atoms with Crippen LogP contribution in [0.25, 0.3) is 0 Å². The molecule has 1 fully saturated rings. The van der Waals surface area contributed by atoms with Gasteiger partial charge in [-0.25, -0.2) is 0 Å². The summed E-state index contributed by atoms with van der Waals surface area (Å²) in [5, 5.41) is 10.0. The molecule has 0 amide bonds. The second kappa shape index (κ2) is 6.24. The Kier molecular flexibility index (Phi) is 4.65. The Morgan fingerprint density at radius 1 is 1.33 bits per heavy atom. The molecule has 1 aliphatic heterocycles. The van der Waals surface area contributed by atoms with E-state index in [0.717, 1.165) is 17.9 Å². The van der Waals surface area contributed by atoms with E-state index in [1.165, 1.54) is 32.4 Å². The van der Waals surface area contributed by atoms with Crippen LogP contribution in [0.15, 0.2) is 24.3 Å². The lowest BCUT2D eigenvalue weighted by molar-refractivity contribution is 0.224. The number of rotatable bonds is 5. The highest BCUT2D eigenvalue weighted by Gasteiger charge is 2.28. The van der Waals surface area contributed by atoms with Gasteiger partial charge in [0.2, 0.25) is 0 Å². The fourth-order valence-corrected chi connectivity index (χ4v) is 3.23. The molecule has 1 saturated heterocycles. The van der Waals surface area contributed by atoms with Crippen molar-refractivity contribution >= 4 is 0 Å². The number of phenolic OH excluding ortho intramolecular Hbond substituents is 1. The van der Waals surface area contributed by atoms with Crippen LogP contribution in [-0.2, 0) is 0 Å². The number of hydrogen-bond donors (Lipinski definition) is 1. The number of benzene rings is 1. The Balaban J connectivity index is 2.08. The molecule has 2 atom stereocenters. The van der Waals surface area contributed by atoms with Gasteiger partial charge in [0.15, 0.2) is 0 Å². The zero-order valence-corrected chi connectivity index (χ0v) is 11.6. The third kappa shape index (κ3) is 2.86. The van der Waals surface area contributed by atoms with E-state index in [1.54, 1.807) is 6.07 Å². The fraction of sp³-hybridized carbons (Fsp3) is 0.625. The molecule has 2 unspecified atom stereocenters. The van der Waals surface area contributed by atoms with E-state index in [2.05, 4.69) is 24.8 Å². The van der Waals surface area contributed by atoms with Crippen molar-refractivity contribution in [1.82, 2.24) is 4.90 Å². The molecule has 0 spiro atoms. The Morgan fingerprint density at radius 3 is 2.78 bits per heavy atom. The normalized spacial score (nSPS) is 22.2. The van der Waals surface area contributed by atoms with Crippen molar-refractivity contribution in [2.75, 3.05) is 13.1 Å². The molecule has 0 saturated carbocycles. The predicted octanol–water partition coefficient (Wildman–Crippen LogP) is 3.97. The zero-order chi connectivity index (χ0) is 13.0. The quantitative estimate of drug-likeness (QED) is 0.851. The molecule has 0 aliphatic carbocycles. The fourth-order valence-electron chi connectivity index (χ4n) is 3.23. The van der Waals surface area contributed by atoms with Crippen LogP contribution in [-0.4, -0.2) is 23.1 Å². The molecule has 1 N–H and O–H groups in total. The standard InChI is InChI=1S/C16H25NO/c1-3-7-13-10-11-17(12-13)15(4-2)14-8-5-6-9-16(14)18/h5-6,8-9,13,15,18H,3-4,7,10-12H2,1-2H3. The van der Waals surface area contributed by atoms with Gasteiger partial charge >= 0.3 is 0 Å². The van der Waals surface area contributed by atoms with Crippen molar-refractivity contribution in [1.29, 1.82) is 0 Å². The van der Waals surface area contributed by atoms with Gasteiger partial charge in [0.25, 0.3) is 0 Å². The summed E-state index contributed by atoms with van der Waals surface area (Å²) in [5.41, 5.74) is 1.09.